The van der Waals surface area contributed by atoms with Crippen molar-refractivity contribution in [3.63, 3.8) is 0 Å². The van der Waals surface area contributed by atoms with Crippen molar-refractivity contribution in [2.24, 2.45) is 5.92 Å². The number of nitrogens with one attached hydrogen (secondary N) is 1. The maximum Gasteiger partial charge on any atom is 0.292 e. The number of nitrogens with zero attached hydrogens (tertiary/aromatic N) is 3. The number of hydrogen-bond donors (Lipinski definition) is 1. The summed E-state index contributed by atoms with van der Waals surface area (Å²) in [7, 11) is 0. The second-order valence-corrected chi connectivity index (χ2v) is 6.95. The van der Waals surface area contributed by atoms with Gasteiger partial charge in [-0.25, -0.2) is 4.98 Å². The van der Waals surface area contributed by atoms with E-state index in [2.05, 4.69) is 10.3 Å². The number of carbonyl (C=O) groups is 2. The number of amides is 1. The lowest BCUT2D eigenvalue weighted by atomic mass is 9.95. The first kappa shape index (κ1) is 18.0. The number of anilines is 2. The van der Waals surface area contributed by atoms with Crippen molar-refractivity contribution in [2.75, 3.05) is 23.3 Å². The van der Waals surface area contributed by atoms with E-state index in [1.165, 1.54) is 24.3 Å². The molecule has 1 N–H and O–H groups in total. The molecule has 1 aliphatic rings. The van der Waals surface area contributed by atoms with E-state index in [0.717, 1.165) is 0 Å². The average Bonchev–Trinajstić information content (AvgIpc) is 3.10. The van der Waals surface area contributed by atoms with Crippen molar-refractivity contribution in [1.82, 2.24) is 4.98 Å². The zero-order chi connectivity index (χ0) is 18.7. The molecule has 3 rings (SSSR count). The van der Waals surface area contributed by atoms with Gasteiger partial charge in [0.25, 0.3) is 5.69 Å². The van der Waals surface area contributed by atoms with Crippen molar-refractivity contribution >= 4 is 39.5 Å². The van der Waals surface area contributed by atoms with Crippen LogP contribution in [0.25, 0.3) is 0 Å². The molecule has 136 valence electrons. The maximum absolute atomic E-state index is 12.4. The molecule has 1 fully saturated rings. The van der Waals surface area contributed by atoms with Crippen LogP contribution in [-0.2, 0) is 4.79 Å². The van der Waals surface area contributed by atoms with Gasteiger partial charge in [-0.15, -0.1) is 11.3 Å². The van der Waals surface area contributed by atoms with Crippen LogP contribution in [0.2, 0.25) is 0 Å². The van der Waals surface area contributed by atoms with Gasteiger partial charge in [-0.05, 0) is 18.9 Å². The van der Waals surface area contributed by atoms with Crippen LogP contribution in [0.15, 0.2) is 29.6 Å². The second-order valence-electron chi connectivity index (χ2n) is 6.09. The van der Waals surface area contributed by atoms with E-state index < -0.39 is 0 Å². The summed E-state index contributed by atoms with van der Waals surface area (Å²) in [5, 5.41) is 16.0. The Morgan fingerprint density at radius 3 is 2.62 bits per heavy atom. The van der Waals surface area contributed by atoms with Gasteiger partial charge in [0.05, 0.1) is 4.92 Å². The third kappa shape index (κ3) is 3.88. The summed E-state index contributed by atoms with van der Waals surface area (Å²) >= 11 is 1.22. The van der Waals surface area contributed by atoms with Crippen molar-refractivity contribution < 1.29 is 14.5 Å². The molecular weight excluding hydrogens is 356 g/mol. The van der Waals surface area contributed by atoms with Gasteiger partial charge >= 0.3 is 0 Å². The van der Waals surface area contributed by atoms with Crippen molar-refractivity contribution in [3.8, 4) is 0 Å². The molecule has 0 unspecified atom stereocenters. The van der Waals surface area contributed by atoms with Gasteiger partial charge in [0, 0.05) is 37.4 Å². The third-order valence-corrected chi connectivity index (χ3v) is 5.14. The van der Waals surface area contributed by atoms with Crippen LogP contribution in [0.1, 0.15) is 30.3 Å². The molecule has 0 atom stereocenters. The molecule has 2 heterocycles. The van der Waals surface area contributed by atoms with E-state index in [0.29, 0.717) is 42.4 Å². The minimum atomic E-state index is -0.386. The SMILES string of the molecule is CC(=O)c1csc(NC(=O)C2CCN(c3ccccc3[N+](=O)[O-])CC2)n1. The lowest BCUT2D eigenvalue weighted by Gasteiger charge is -2.32. The Labute approximate surface area is 154 Å². The number of nitro benzene ring substituents is 1. The Morgan fingerprint density at radius 2 is 2.00 bits per heavy atom. The summed E-state index contributed by atoms with van der Waals surface area (Å²) in [5.41, 5.74) is 1.01. The topological polar surface area (TPSA) is 105 Å². The van der Waals surface area contributed by atoms with Crippen molar-refractivity contribution in [3.05, 3.63) is 45.5 Å². The number of thiazole rings is 1. The number of hydrogen-bond acceptors (Lipinski definition) is 7. The number of ketones is 1. The summed E-state index contributed by atoms with van der Waals surface area (Å²) in [6.07, 6.45) is 1.20. The highest BCUT2D eigenvalue weighted by atomic mass is 32.1. The highest BCUT2D eigenvalue weighted by Crippen LogP contribution is 2.31. The fraction of sp³-hybridized carbons (Fsp3) is 0.353. The summed E-state index contributed by atoms with van der Waals surface area (Å²) < 4.78 is 0. The molecule has 1 amide bonds. The molecule has 1 aromatic heterocycles. The average molecular weight is 374 g/mol. The fourth-order valence-corrected chi connectivity index (χ4v) is 3.72. The summed E-state index contributed by atoms with van der Waals surface area (Å²) in [6, 6.07) is 6.64. The van der Waals surface area contributed by atoms with E-state index in [1.807, 2.05) is 4.90 Å². The summed E-state index contributed by atoms with van der Waals surface area (Å²) in [5.74, 6) is -0.449. The Hall–Kier alpha value is -2.81. The minimum Gasteiger partial charge on any atom is -0.366 e. The molecule has 9 heteroatoms. The Kier molecular flexibility index (Phi) is 5.27. The maximum atomic E-state index is 12.4. The summed E-state index contributed by atoms with van der Waals surface area (Å²) in [6.45, 7) is 2.57. The standard InChI is InChI=1S/C17H18N4O4S/c1-11(22)13-10-26-17(18-13)19-16(23)12-6-8-20(9-7-12)14-4-2-3-5-15(14)21(24)25/h2-5,10,12H,6-9H2,1H3,(H,18,19,23). The monoisotopic (exact) mass is 374 g/mol. The predicted octanol–water partition coefficient (Wildman–Crippen LogP) is 3.11. The van der Waals surface area contributed by atoms with Gasteiger partial charge in [0.2, 0.25) is 5.91 Å². The highest BCUT2D eigenvalue weighted by Gasteiger charge is 2.28. The van der Waals surface area contributed by atoms with E-state index >= 15 is 0 Å². The first-order valence-corrected chi connectivity index (χ1v) is 9.09. The molecule has 1 saturated heterocycles. The van der Waals surface area contributed by atoms with Crippen molar-refractivity contribution in [1.29, 1.82) is 0 Å². The van der Waals surface area contributed by atoms with Crippen LogP contribution in [0.5, 0.6) is 0 Å². The number of aromatic nitrogens is 1. The minimum absolute atomic E-state index is 0.0787. The van der Waals surface area contributed by atoms with Gasteiger partial charge in [0.1, 0.15) is 11.4 Å². The smallest absolute Gasteiger partial charge is 0.292 e. The first-order valence-electron chi connectivity index (χ1n) is 8.21. The molecule has 8 nitrogen and oxygen atoms in total. The number of para-hydroxylation sites is 2. The fourth-order valence-electron chi connectivity index (χ4n) is 2.97. The first-order chi connectivity index (χ1) is 12.5. The lowest BCUT2D eigenvalue weighted by Crippen LogP contribution is -2.38. The summed E-state index contributed by atoms with van der Waals surface area (Å²) in [4.78, 5) is 40.5. The van der Waals surface area contributed by atoms with Crippen LogP contribution in [-0.4, -0.2) is 34.7 Å². The van der Waals surface area contributed by atoms with Crippen molar-refractivity contribution in [2.45, 2.75) is 19.8 Å². The predicted molar refractivity (Wildman–Crippen MR) is 98.8 cm³/mol. The van der Waals surface area contributed by atoms with E-state index in [1.54, 1.807) is 23.6 Å². The Morgan fingerprint density at radius 1 is 1.31 bits per heavy atom. The van der Waals surface area contributed by atoms with E-state index in [-0.39, 0.29) is 28.2 Å². The van der Waals surface area contributed by atoms with Gasteiger partial charge in [-0.2, -0.15) is 0 Å². The number of rotatable bonds is 5. The largest absolute Gasteiger partial charge is 0.366 e. The van der Waals surface area contributed by atoms with Gasteiger partial charge in [-0.3, -0.25) is 19.7 Å². The molecule has 0 radical (unpaired) electrons. The Bertz CT molecular complexity index is 843. The molecule has 2 aromatic rings. The molecule has 0 spiro atoms. The molecular formula is C17H18N4O4S. The highest BCUT2D eigenvalue weighted by molar-refractivity contribution is 7.14. The molecule has 1 aromatic carbocycles. The number of benzene rings is 1. The van der Waals surface area contributed by atoms with Crippen LogP contribution < -0.4 is 10.2 Å². The normalized spacial score (nSPS) is 14.9. The zero-order valence-corrected chi connectivity index (χ0v) is 15.0. The van der Waals surface area contributed by atoms with Gasteiger partial charge in [-0.1, -0.05) is 12.1 Å². The van der Waals surface area contributed by atoms with Crippen LogP contribution in [0.3, 0.4) is 0 Å². The van der Waals surface area contributed by atoms with Crippen LogP contribution >= 0.6 is 11.3 Å². The van der Waals surface area contributed by atoms with Gasteiger partial charge in [0.15, 0.2) is 10.9 Å². The third-order valence-electron chi connectivity index (χ3n) is 4.38. The quantitative estimate of drug-likeness (QED) is 0.490. The molecule has 0 bridgehead atoms. The Balaban J connectivity index is 1.60. The molecule has 0 aliphatic carbocycles. The number of piperidine rings is 1. The second kappa shape index (κ2) is 7.61. The van der Waals surface area contributed by atoms with Crippen LogP contribution in [0.4, 0.5) is 16.5 Å². The zero-order valence-electron chi connectivity index (χ0n) is 14.2. The molecule has 26 heavy (non-hydrogen) atoms. The molecule has 0 saturated carbocycles. The lowest BCUT2D eigenvalue weighted by molar-refractivity contribution is -0.384. The molecule has 1 aliphatic heterocycles. The van der Waals surface area contributed by atoms with Gasteiger partial charge < -0.3 is 10.2 Å². The number of Topliss-reactive ketones (excluding diaryl/α,β-unsaturated/α-hetero) is 1. The van der Waals surface area contributed by atoms with E-state index in [4.69, 9.17) is 0 Å². The number of carbonyl (C=O) groups excluding carboxylic acids is 2. The number of nitro groups is 1. The van der Waals surface area contributed by atoms with Crippen LogP contribution in [0, 0.1) is 16.0 Å². The van der Waals surface area contributed by atoms with E-state index in [9.17, 15) is 19.7 Å².